The van der Waals surface area contributed by atoms with Crippen molar-refractivity contribution in [3.63, 3.8) is 0 Å². The molecular weight excluding hydrogens is 343 g/mol. The number of carbonyl (C=O) groups is 1. The van der Waals surface area contributed by atoms with E-state index in [1.54, 1.807) is 12.1 Å². The van der Waals surface area contributed by atoms with Crippen molar-refractivity contribution in [1.82, 2.24) is 10.2 Å². The van der Waals surface area contributed by atoms with Crippen LogP contribution in [-0.4, -0.2) is 23.1 Å². The Balaban J connectivity index is 2.09. The molecule has 0 bridgehead atoms. The summed E-state index contributed by atoms with van der Waals surface area (Å²) in [7, 11) is 1.51. The second-order valence-electron chi connectivity index (χ2n) is 3.69. The molecule has 18 heavy (non-hydrogen) atoms. The molecule has 0 unspecified atom stereocenters. The molecule has 2 aromatic rings. The topological polar surface area (TPSA) is 52.1 Å². The van der Waals surface area contributed by atoms with E-state index < -0.39 is 0 Å². The molecule has 0 N–H and O–H groups in total. The van der Waals surface area contributed by atoms with Crippen molar-refractivity contribution >= 4 is 28.4 Å². The summed E-state index contributed by atoms with van der Waals surface area (Å²) in [5, 5.41) is 7.62. The summed E-state index contributed by atoms with van der Waals surface area (Å²) >= 11 is 2.23. The van der Waals surface area contributed by atoms with Crippen LogP contribution in [0.5, 0.6) is 5.88 Å². The second kappa shape index (κ2) is 5.90. The first-order valence-electron chi connectivity index (χ1n) is 5.34. The smallest absolute Gasteiger partial charge is 0.233 e. The van der Waals surface area contributed by atoms with E-state index in [0.29, 0.717) is 18.0 Å². The number of hydrogen-bond donors (Lipinski definition) is 0. The molecule has 1 aromatic carbocycles. The number of benzene rings is 1. The van der Waals surface area contributed by atoms with Crippen LogP contribution in [0.3, 0.4) is 0 Å². The number of aromatic nitrogens is 2. The predicted molar refractivity (Wildman–Crippen MR) is 75.8 cm³/mol. The van der Waals surface area contributed by atoms with Gasteiger partial charge in [0.15, 0.2) is 5.78 Å². The van der Waals surface area contributed by atoms with E-state index in [4.69, 9.17) is 4.74 Å². The average molecular weight is 354 g/mol. The van der Waals surface area contributed by atoms with Crippen molar-refractivity contribution in [2.24, 2.45) is 0 Å². The first kappa shape index (κ1) is 12.9. The van der Waals surface area contributed by atoms with Gasteiger partial charge >= 0.3 is 0 Å². The molecular formula is C13H11IN2O2. The zero-order valence-electron chi connectivity index (χ0n) is 9.76. The van der Waals surface area contributed by atoms with E-state index in [1.807, 2.05) is 24.3 Å². The Morgan fingerprint density at radius 1 is 1.17 bits per heavy atom. The molecule has 1 aromatic heterocycles. The number of carbonyl (C=O) groups excluding carboxylic acids is 1. The zero-order valence-corrected chi connectivity index (χ0v) is 11.9. The normalized spacial score (nSPS) is 10.1. The van der Waals surface area contributed by atoms with Gasteiger partial charge in [-0.3, -0.25) is 4.79 Å². The number of hydrogen-bond acceptors (Lipinski definition) is 4. The van der Waals surface area contributed by atoms with Crippen LogP contribution in [-0.2, 0) is 6.42 Å². The quantitative estimate of drug-likeness (QED) is 0.626. The highest BCUT2D eigenvalue weighted by atomic mass is 127. The number of ether oxygens (including phenoxy) is 1. The van der Waals surface area contributed by atoms with Crippen LogP contribution in [0.25, 0.3) is 0 Å². The van der Waals surface area contributed by atoms with Gasteiger partial charge < -0.3 is 4.74 Å². The lowest BCUT2D eigenvalue weighted by molar-refractivity contribution is 0.0987. The third-order valence-corrected chi connectivity index (χ3v) is 3.13. The fourth-order valence-electron chi connectivity index (χ4n) is 1.46. The van der Waals surface area contributed by atoms with Crippen LogP contribution >= 0.6 is 22.6 Å². The van der Waals surface area contributed by atoms with Crippen LogP contribution in [0.1, 0.15) is 16.1 Å². The summed E-state index contributed by atoms with van der Waals surface area (Å²) in [6.07, 6.45) is 0.331. The van der Waals surface area contributed by atoms with Crippen LogP contribution in [0.2, 0.25) is 0 Å². The van der Waals surface area contributed by atoms with E-state index >= 15 is 0 Å². The number of Topliss-reactive ketones (excluding diaryl/α,β-unsaturated/α-hetero) is 1. The van der Waals surface area contributed by atoms with Gasteiger partial charge in [-0.2, -0.15) is 0 Å². The highest BCUT2D eigenvalue weighted by Gasteiger charge is 2.09. The molecule has 0 saturated heterocycles. The summed E-state index contributed by atoms with van der Waals surface area (Å²) in [4.78, 5) is 12.0. The van der Waals surface area contributed by atoms with Gasteiger partial charge in [0.25, 0.3) is 0 Å². The van der Waals surface area contributed by atoms with Gasteiger partial charge in [-0.1, -0.05) is 12.1 Å². The molecule has 2 rings (SSSR count). The fourth-order valence-corrected chi connectivity index (χ4v) is 1.82. The maximum Gasteiger partial charge on any atom is 0.233 e. The molecule has 0 radical (unpaired) electrons. The summed E-state index contributed by atoms with van der Waals surface area (Å²) in [5.74, 6) is 0.354. The van der Waals surface area contributed by atoms with Gasteiger partial charge in [0.2, 0.25) is 5.88 Å². The Labute approximate surface area is 119 Å². The maximum absolute atomic E-state index is 12.0. The Morgan fingerprint density at radius 2 is 1.89 bits per heavy atom. The molecule has 0 aliphatic heterocycles. The predicted octanol–water partition coefficient (Wildman–Crippen LogP) is 2.52. The molecule has 5 heteroatoms. The van der Waals surface area contributed by atoms with E-state index in [2.05, 4.69) is 32.8 Å². The van der Waals surface area contributed by atoms with Crippen molar-refractivity contribution < 1.29 is 9.53 Å². The van der Waals surface area contributed by atoms with E-state index in [0.717, 1.165) is 9.13 Å². The Hall–Kier alpha value is -1.50. The van der Waals surface area contributed by atoms with Crippen molar-refractivity contribution in [3.8, 4) is 5.88 Å². The summed E-state index contributed by atoms with van der Waals surface area (Å²) in [5.41, 5.74) is 1.33. The summed E-state index contributed by atoms with van der Waals surface area (Å²) < 4.78 is 6.04. The lowest BCUT2D eigenvalue weighted by Crippen LogP contribution is -2.07. The molecule has 0 spiro atoms. The number of halogens is 1. The molecule has 0 fully saturated rings. The molecule has 4 nitrogen and oxygen atoms in total. The van der Waals surface area contributed by atoms with Gasteiger partial charge in [0, 0.05) is 16.1 Å². The van der Waals surface area contributed by atoms with Gasteiger partial charge in [-0.25, -0.2) is 0 Å². The minimum atomic E-state index is -0.0497. The van der Waals surface area contributed by atoms with E-state index in [9.17, 15) is 4.79 Å². The summed E-state index contributed by atoms with van der Waals surface area (Å²) in [6.45, 7) is 0. The average Bonchev–Trinajstić information content (AvgIpc) is 2.41. The monoisotopic (exact) mass is 354 g/mol. The zero-order chi connectivity index (χ0) is 13.0. The molecule has 92 valence electrons. The first-order chi connectivity index (χ1) is 8.69. The number of nitrogens with zero attached hydrogens (tertiary/aromatic N) is 2. The molecule has 0 aliphatic carbocycles. The molecule has 0 atom stereocenters. The van der Waals surface area contributed by atoms with Gasteiger partial charge in [-0.05, 0) is 46.4 Å². The number of methoxy groups -OCH3 is 1. The van der Waals surface area contributed by atoms with Crippen LogP contribution in [0.15, 0.2) is 36.4 Å². The largest absolute Gasteiger partial charge is 0.480 e. The molecule has 0 saturated carbocycles. The third-order valence-electron chi connectivity index (χ3n) is 2.41. The van der Waals surface area contributed by atoms with E-state index in [1.165, 1.54) is 7.11 Å². The molecule has 0 amide bonds. The highest BCUT2D eigenvalue weighted by Crippen LogP contribution is 2.10. The Kier molecular flexibility index (Phi) is 4.24. The maximum atomic E-state index is 12.0. The van der Waals surface area contributed by atoms with Crippen molar-refractivity contribution in [1.29, 1.82) is 0 Å². The third kappa shape index (κ3) is 3.25. The van der Waals surface area contributed by atoms with Crippen LogP contribution < -0.4 is 4.74 Å². The minimum Gasteiger partial charge on any atom is -0.480 e. The van der Waals surface area contributed by atoms with E-state index in [-0.39, 0.29) is 5.78 Å². The Bertz CT molecular complexity index is 538. The first-order valence-corrected chi connectivity index (χ1v) is 6.42. The van der Waals surface area contributed by atoms with Crippen molar-refractivity contribution in [2.45, 2.75) is 6.42 Å². The number of ketones is 1. The van der Waals surface area contributed by atoms with Gasteiger partial charge in [0.1, 0.15) is 5.69 Å². The summed E-state index contributed by atoms with van der Waals surface area (Å²) in [6, 6.07) is 11.1. The Morgan fingerprint density at radius 3 is 2.44 bits per heavy atom. The molecule has 0 aliphatic rings. The van der Waals surface area contributed by atoms with Gasteiger partial charge in [0.05, 0.1) is 7.11 Å². The minimum absolute atomic E-state index is 0.0497. The lowest BCUT2D eigenvalue weighted by Gasteiger charge is -2.01. The molecule has 1 heterocycles. The van der Waals surface area contributed by atoms with Crippen molar-refractivity contribution in [2.75, 3.05) is 7.11 Å². The van der Waals surface area contributed by atoms with Crippen molar-refractivity contribution in [3.05, 3.63) is 51.2 Å². The van der Waals surface area contributed by atoms with Crippen LogP contribution in [0.4, 0.5) is 0 Å². The number of rotatable bonds is 4. The standard InChI is InChI=1S/C13H11IN2O2/c1-18-13-7-6-11(15-16-13)12(17)8-9-2-4-10(14)5-3-9/h2-7H,8H2,1H3. The lowest BCUT2D eigenvalue weighted by atomic mass is 10.1. The van der Waals surface area contributed by atoms with Gasteiger partial charge in [-0.15, -0.1) is 10.2 Å². The fraction of sp³-hybridized carbons (Fsp3) is 0.154. The SMILES string of the molecule is COc1ccc(C(=O)Cc2ccc(I)cc2)nn1. The highest BCUT2D eigenvalue weighted by molar-refractivity contribution is 14.1. The second-order valence-corrected chi connectivity index (χ2v) is 4.93. The van der Waals surface area contributed by atoms with Crippen LogP contribution in [0, 0.1) is 3.57 Å².